The number of rotatable bonds is 4. The molecule has 1 aliphatic carbocycles. The Morgan fingerprint density at radius 1 is 1.45 bits per heavy atom. The summed E-state index contributed by atoms with van der Waals surface area (Å²) < 4.78 is 5.31. The first-order chi connectivity index (χ1) is 9.43. The minimum atomic E-state index is -0.929. The highest BCUT2D eigenvalue weighted by Gasteiger charge is 2.46. The minimum absolute atomic E-state index is 0.0653. The standard InChI is InChI=1S/C15H26N2O3/c1-10-15(2,13(18)9-20-10)17-14(19)12(16)8-11-6-4-3-5-7-11/h10-12H,3-9,16H2,1-2H3,(H,17,19). The second-order valence-corrected chi connectivity index (χ2v) is 6.41. The molecule has 0 bridgehead atoms. The Labute approximate surface area is 120 Å². The molecule has 5 heteroatoms. The maximum Gasteiger partial charge on any atom is 0.237 e. The van der Waals surface area contributed by atoms with Crippen LogP contribution in [0.5, 0.6) is 0 Å². The van der Waals surface area contributed by atoms with Gasteiger partial charge in [0.15, 0.2) is 5.78 Å². The largest absolute Gasteiger partial charge is 0.368 e. The van der Waals surface area contributed by atoms with Crippen molar-refractivity contribution in [1.29, 1.82) is 0 Å². The quantitative estimate of drug-likeness (QED) is 0.810. The fourth-order valence-electron chi connectivity index (χ4n) is 3.15. The van der Waals surface area contributed by atoms with Gasteiger partial charge in [-0.25, -0.2) is 0 Å². The lowest BCUT2D eigenvalue weighted by Crippen LogP contribution is -2.59. The smallest absolute Gasteiger partial charge is 0.237 e. The number of carbonyl (C=O) groups is 2. The second-order valence-electron chi connectivity index (χ2n) is 6.41. The van der Waals surface area contributed by atoms with Gasteiger partial charge in [-0.2, -0.15) is 0 Å². The molecule has 114 valence electrons. The summed E-state index contributed by atoms with van der Waals surface area (Å²) in [5.41, 5.74) is 5.08. The van der Waals surface area contributed by atoms with Gasteiger partial charge >= 0.3 is 0 Å². The van der Waals surface area contributed by atoms with E-state index in [-0.39, 0.29) is 24.4 Å². The van der Waals surface area contributed by atoms with Gasteiger partial charge in [-0.1, -0.05) is 32.1 Å². The van der Waals surface area contributed by atoms with Crippen molar-refractivity contribution in [3.63, 3.8) is 0 Å². The Bertz CT molecular complexity index is 379. The van der Waals surface area contributed by atoms with Gasteiger partial charge in [0.05, 0.1) is 12.1 Å². The topological polar surface area (TPSA) is 81.4 Å². The molecule has 5 nitrogen and oxygen atoms in total. The fraction of sp³-hybridized carbons (Fsp3) is 0.867. The summed E-state index contributed by atoms with van der Waals surface area (Å²) in [4.78, 5) is 24.1. The highest BCUT2D eigenvalue weighted by Crippen LogP contribution is 2.27. The molecular weight excluding hydrogens is 256 g/mol. The van der Waals surface area contributed by atoms with Crippen LogP contribution in [0.1, 0.15) is 52.4 Å². The zero-order valence-corrected chi connectivity index (χ0v) is 12.5. The average molecular weight is 282 g/mol. The van der Waals surface area contributed by atoms with Crippen molar-refractivity contribution in [2.75, 3.05) is 6.61 Å². The van der Waals surface area contributed by atoms with E-state index in [0.717, 1.165) is 12.8 Å². The molecule has 2 fully saturated rings. The molecule has 1 heterocycles. The van der Waals surface area contributed by atoms with Crippen molar-refractivity contribution in [1.82, 2.24) is 5.32 Å². The molecule has 0 radical (unpaired) electrons. The summed E-state index contributed by atoms with van der Waals surface area (Å²) in [6.45, 7) is 3.59. The molecule has 3 N–H and O–H groups in total. The first kappa shape index (κ1) is 15.4. The summed E-state index contributed by atoms with van der Waals surface area (Å²) in [7, 11) is 0. The number of amides is 1. The molecule has 2 aliphatic rings. The van der Waals surface area contributed by atoms with Gasteiger partial charge in [0.25, 0.3) is 0 Å². The molecule has 1 saturated carbocycles. The van der Waals surface area contributed by atoms with Crippen molar-refractivity contribution in [2.45, 2.75) is 70.1 Å². The van der Waals surface area contributed by atoms with E-state index >= 15 is 0 Å². The third-order valence-electron chi connectivity index (χ3n) is 4.89. The molecular formula is C15H26N2O3. The van der Waals surface area contributed by atoms with Crippen molar-refractivity contribution in [3.8, 4) is 0 Å². The van der Waals surface area contributed by atoms with E-state index < -0.39 is 11.6 Å². The molecule has 20 heavy (non-hydrogen) atoms. The second kappa shape index (κ2) is 6.22. The Balaban J connectivity index is 1.88. The number of nitrogens with two attached hydrogens (primary N) is 1. The minimum Gasteiger partial charge on any atom is -0.368 e. The monoisotopic (exact) mass is 282 g/mol. The van der Waals surface area contributed by atoms with Crippen molar-refractivity contribution in [2.24, 2.45) is 11.7 Å². The van der Waals surface area contributed by atoms with Gasteiger partial charge in [-0.05, 0) is 26.2 Å². The van der Waals surface area contributed by atoms with E-state index in [1.807, 2.05) is 0 Å². The Morgan fingerprint density at radius 3 is 2.65 bits per heavy atom. The van der Waals surface area contributed by atoms with Gasteiger partial charge in [0.2, 0.25) is 5.91 Å². The zero-order chi connectivity index (χ0) is 14.8. The highest BCUT2D eigenvalue weighted by atomic mass is 16.5. The lowest BCUT2D eigenvalue weighted by Gasteiger charge is -2.30. The molecule has 0 aromatic heterocycles. The van der Waals surface area contributed by atoms with Crippen LogP contribution in [-0.2, 0) is 14.3 Å². The van der Waals surface area contributed by atoms with E-state index in [9.17, 15) is 9.59 Å². The van der Waals surface area contributed by atoms with Gasteiger partial charge in [0.1, 0.15) is 12.1 Å². The van der Waals surface area contributed by atoms with Crippen LogP contribution in [0.3, 0.4) is 0 Å². The summed E-state index contributed by atoms with van der Waals surface area (Å²) >= 11 is 0. The van der Waals surface area contributed by atoms with Crippen LogP contribution in [-0.4, -0.2) is 36.0 Å². The number of ether oxygens (including phenoxy) is 1. The lowest BCUT2D eigenvalue weighted by atomic mass is 9.84. The number of nitrogens with one attached hydrogen (secondary N) is 1. The van der Waals surface area contributed by atoms with Crippen LogP contribution in [0.4, 0.5) is 0 Å². The molecule has 0 aromatic carbocycles. The number of ketones is 1. The van der Waals surface area contributed by atoms with E-state index in [0.29, 0.717) is 12.3 Å². The van der Waals surface area contributed by atoms with Crippen LogP contribution in [0.2, 0.25) is 0 Å². The predicted octanol–water partition coefficient (Wildman–Crippen LogP) is 1.15. The van der Waals surface area contributed by atoms with Crippen LogP contribution in [0, 0.1) is 5.92 Å². The zero-order valence-electron chi connectivity index (χ0n) is 12.5. The molecule has 1 aliphatic heterocycles. The summed E-state index contributed by atoms with van der Waals surface area (Å²) in [6, 6.07) is -0.532. The van der Waals surface area contributed by atoms with Crippen molar-refractivity contribution in [3.05, 3.63) is 0 Å². The Hall–Kier alpha value is -0.940. The predicted molar refractivity (Wildman–Crippen MR) is 76.1 cm³/mol. The number of Topliss-reactive ketones (excluding diaryl/α,β-unsaturated/α-hetero) is 1. The van der Waals surface area contributed by atoms with Crippen molar-refractivity contribution < 1.29 is 14.3 Å². The molecule has 2 rings (SSSR count). The molecule has 1 saturated heterocycles. The maximum atomic E-state index is 12.2. The lowest BCUT2D eigenvalue weighted by molar-refractivity contribution is -0.130. The Kier molecular flexibility index (Phi) is 4.81. The SMILES string of the molecule is CC1OCC(=O)C1(C)NC(=O)C(N)CC1CCCCC1. The number of hydrogen-bond donors (Lipinski definition) is 2. The first-order valence-electron chi connectivity index (χ1n) is 7.66. The van der Waals surface area contributed by atoms with E-state index in [4.69, 9.17) is 10.5 Å². The average Bonchev–Trinajstić information content (AvgIpc) is 2.67. The third-order valence-corrected chi connectivity index (χ3v) is 4.89. The van der Waals surface area contributed by atoms with Crippen LogP contribution in [0.25, 0.3) is 0 Å². The van der Waals surface area contributed by atoms with Crippen LogP contribution >= 0.6 is 0 Å². The van der Waals surface area contributed by atoms with Crippen molar-refractivity contribution >= 4 is 11.7 Å². The van der Waals surface area contributed by atoms with E-state index in [2.05, 4.69) is 5.32 Å². The summed E-state index contributed by atoms with van der Waals surface area (Å²) in [6.07, 6.45) is 6.50. The normalized spacial score (nSPS) is 33.1. The molecule has 3 unspecified atom stereocenters. The first-order valence-corrected chi connectivity index (χ1v) is 7.66. The molecule has 0 spiro atoms. The van der Waals surface area contributed by atoms with E-state index in [1.165, 1.54) is 19.3 Å². The molecule has 3 atom stereocenters. The van der Waals surface area contributed by atoms with Gasteiger partial charge in [-0.3, -0.25) is 9.59 Å². The highest BCUT2D eigenvalue weighted by molar-refractivity contribution is 5.96. The summed E-state index contributed by atoms with van der Waals surface area (Å²) in [5, 5.41) is 2.81. The van der Waals surface area contributed by atoms with Crippen LogP contribution in [0.15, 0.2) is 0 Å². The molecule has 1 amide bonds. The van der Waals surface area contributed by atoms with E-state index in [1.54, 1.807) is 13.8 Å². The Morgan fingerprint density at radius 2 is 2.10 bits per heavy atom. The number of carbonyl (C=O) groups excluding carboxylic acids is 2. The number of hydrogen-bond acceptors (Lipinski definition) is 4. The third kappa shape index (κ3) is 3.20. The fourth-order valence-corrected chi connectivity index (χ4v) is 3.15. The van der Waals surface area contributed by atoms with Gasteiger partial charge < -0.3 is 15.8 Å². The van der Waals surface area contributed by atoms with Gasteiger partial charge in [0, 0.05) is 0 Å². The summed E-state index contributed by atoms with van der Waals surface area (Å²) in [5.74, 6) is 0.234. The maximum absolute atomic E-state index is 12.2. The van der Waals surface area contributed by atoms with Crippen LogP contribution < -0.4 is 11.1 Å². The van der Waals surface area contributed by atoms with Gasteiger partial charge in [-0.15, -0.1) is 0 Å². The molecule has 0 aromatic rings.